The molecule has 2 atom stereocenters. The fourth-order valence-corrected chi connectivity index (χ4v) is 2.87. The van der Waals surface area contributed by atoms with Gasteiger partial charge in [0, 0.05) is 25.8 Å². The first-order valence-corrected chi connectivity index (χ1v) is 8.04. The molecule has 2 unspecified atom stereocenters. The SMILES string of the molecule is CC(NC(=O)c1ccc[nH]1)C1CN(Cc2ccccc2)CCO1. The number of aromatic amines is 1. The van der Waals surface area contributed by atoms with Crippen LogP contribution >= 0.6 is 0 Å². The maximum absolute atomic E-state index is 12.1. The summed E-state index contributed by atoms with van der Waals surface area (Å²) in [4.78, 5) is 17.4. The Morgan fingerprint density at radius 2 is 2.17 bits per heavy atom. The lowest BCUT2D eigenvalue weighted by Gasteiger charge is -2.36. The number of carbonyl (C=O) groups is 1. The molecule has 1 saturated heterocycles. The van der Waals surface area contributed by atoms with Crippen molar-refractivity contribution in [1.29, 1.82) is 0 Å². The molecule has 2 N–H and O–H groups in total. The Bertz CT molecular complexity index is 612. The van der Waals surface area contributed by atoms with Crippen molar-refractivity contribution in [3.63, 3.8) is 0 Å². The zero-order chi connectivity index (χ0) is 16.1. The number of rotatable bonds is 5. The second-order valence-corrected chi connectivity index (χ2v) is 5.98. The van der Waals surface area contributed by atoms with E-state index < -0.39 is 0 Å². The maximum Gasteiger partial charge on any atom is 0.267 e. The zero-order valence-corrected chi connectivity index (χ0v) is 13.4. The second kappa shape index (κ2) is 7.44. The molecule has 5 heteroatoms. The molecule has 1 aliphatic heterocycles. The Hall–Kier alpha value is -2.11. The molecule has 5 nitrogen and oxygen atoms in total. The Kier molecular flexibility index (Phi) is 5.10. The standard InChI is InChI=1S/C18H23N3O2/c1-14(20-18(22)16-8-5-9-19-16)17-13-21(10-11-23-17)12-15-6-3-2-4-7-15/h2-9,14,17,19H,10-13H2,1H3,(H,20,22). The third kappa shape index (κ3) is 4.21. The second-order valence-electron chi connectivity index (χ2n) is 5.98. The highest BCUT2D eigenvalue weighted by molar-refractivity contribution is 5.92. The number of aromatic nitrogens is 1. The van der Waals surface area contributed by atoms with Gasteiger partial charge < -0.3 is 15.0 Å². The largest absolute Gasteiger partial charge is 0.373 e. The Labute approximate surface area is 136 Å². The lowest BCUT2D eigenvalue weighted by Crippen LogP contribution is -2.52. The number of morpholine rings is 1. The molecule has 0 aliphatic carbocycles. The van der Waals surface area contributed by atoms with Crippen molar-refractivity contribution in [3.8, 4) is 0 Å². The van der Waals surface area contributed by atoms with Crippen LogP contribution in [0.4, 0.5) is 0 Å². The number of benzene rings is 1. The average Bonchev–Trinajstić information content (AvgIpc) is 3.10. The van der Waals surface area contributed by atoms with Crippen LogP contribution in [-0.2, 0) is 11.3 Å². The fraction of sp³-hybridized carbons (Fsp3) is 0.389. The molecule has 1 aliphatic rings. The Morgan fingerprint density at radius 1 is 1.35 bits per heavy atom. The summed E-state index contributed by atoms with van der Waals surface area (Å²) in [6.45, 7) is 5.35. The van der Waals surface area contributed by atoms with Crippen molar-refractivity contribution in [2.45, 2.75) is 25.6 Å². The summed E-state index contributed by atoms with van der Waals surface area (Å²) >= 11 is 0. The number of hydrogen-bond acceptors (Lipinski definition) is 3. The normalized spacial score (nSPS) is 20.1. The van der Waals surface area contributed by atoms with Gasteiger partial charge in [0.25, 0.3) is 5.91 Å². The summed E-state index contributed by atoms with van der Waals surface area (Å²) in [6.07, 6.45) is 1.75. The number of carbonyl (C=O) groups excluding carboxylic acids is 1. The predicted molar refractivity (Wildman–Crippen MR) is 89.2 cm³/mol. The van der Waals surface area contributed by atoms with Gasteiger partial charge in [0.05, 0.1) is 18.8 Å². The van der Waals surface area contributed by atoms with Crippen molar-refractivity contribution in [2.75, 3.05) is 19.7 Å². The van der Waals surface area contributed by atoms with Gasteiger partial charge in [0.15, 0.2) is 0 Å². The van der Waals surface area contributed by atoms with Crippen molar-refractivity contribution in [2.24, 2.45) is 0 Å². The first-order chi connectivity index (χ1) is 11.2. The average molecular weight is 313 g/mol. The molecule has 3 rings (SSSR count). The number of nitrogens with one attached hydrogen (secondary N) is 2. The lowest BCUT2D eigenvalue weighted by molar-refractivity contribution is -0.0449. The van der Waals surface area contributed by atoms with Gasteiger partial charge in [0.1, 0.15) is 5.69 Å². The topological polar surface area (TPSA) is 57.4 Å². The van der Waals surface area contributed by atoms with E-state index in [2.05, 4.69) is 39.5 Å². The molecule has 0 radical (unpaired) electrons. The number of H-pyrrole nitrogens is 1. The van der Waals surface area contributed by atoms with E-state index in [1.54, 1.807) is 12.3 Å². The maximum atomic E-state index is 12.1. The van der Waals surface area contributed by atoms with Gasteiger partial charge in [-0.3, -0.25) is 9.69 Å². The summed E-state index contributed by atoms with van der Waals surface area (Å²) in [7, 11) is 0. The molecule has 0 bridgehead atoms. The van der Waals surface area contributed by atoms with E-state index in [0.29, 0.717) is 12.3 Å². The van der Waals surface area contributed by atoms with E-state index in [1.165, 1.54) is 5.56 Å². The number of nitrogens with zero attached hydrogens (tertiary/aromatic N) is 1. The van der Waals surface area contributed by atoms with Crippen molar-refractivity contribution >= 4 is 5.91 Å². The molecule has 1 aromatic heterocycles. The van der Waals surface area contributed by atoms with E-state index in [4.69, 9.17) is 4.74 Å². The van der Waals surface area contributed by atoms with E-state index >= 15 is 0 Å². The number of ether oxygens (including phenoxy) is 1. The van der Waals surface area contributed by atoms with Crippen LogP contribution in [0.1, 0.15) is 23.0 Å². The van der Waals surface area contributed by atoms with Crippen LogP contribution in [0.2, 0.25) is 0 Å². The first-order valence-electron chi connectivity index (χ1n) is 8.04. The Morgan fingerprint density at radius 3 is 2.91 bits per heavy atom. The van der Waals surface area contributed by atoms with Crippen LogP contribution in [0.3, 0.4) is 0 Å². The molecular weight excluding hydrogens is 290 g/mol. The molecule has 23 heavy (non-hydrogen) atoms. The predicted octanol–water partition coefficient (Wildman–Crippen LogP) is 2.03. The van der Waals surface area contributed by atoms with Crippen LogP contribution in [-0.4, -0.2) is 47.6 Å². The molecule has 0 saturated carbocycles. The van der Waals surface area contributed by atoms with Gasteiger partial charge in [-0.25, -0.2) is 0 Å². The van der Waals surface area contributed by atoms with E-state index in [-0.39, 0.29) is 18.1 Å². The van der Waals surface area contributed by atoms with E-state index in [1.807, 2.05) is 19.1 Å². The van der Waals surface area contributed by atoms with Gasteiger partial charge >= 0.3 is 0 Å². The molecular formula is C18H23N3O2. The van der Waals surface area contributed by atoms with Crippen LogP contribution in [0.15, 0.2) is 48.7 Å². The molecule has 2 aromatic rings. The summed E-state index contributed by atoms with van der Waals surface area (Å²) in [6, 6.07) is 14.0. The van der Waals surface area contributed by atoms with Crippen LogP contribution < -0.4 is 5.32 Å². The first kappa shape index (κ1) is 15.8. The van der Waals surface area contributed by atoms with Crippen molar-refractivity contribution in [1.82, 2.24) is 15.2 Å². The van der Waals surface area contributed by atoms with Gasteiger partial charge in [0.2, 0.25) is 0 Å². The van der Waals surface area contributed by atoms with Crippen molar-refractivity contribution < 1.29 is 9.53 Å². The van der Waals surface area contributed by atoms with Crippen molar-refractivity contribution in [3.05, 3.63) is 59.9 Å². The minimum Gasteiger partial charge on any atom is -0.373 e. The minimum atomic E-state index is -0.0914. The summed E-state index contributed by atoms with van der Waals surface area (Å²) in [5, 5.41) is 3.01. The van der Waals surface area contributed by atoms with Crippen LogP contribution in [0.25, 0.3) is 0 Å². The Balaban J connectivity index is 1.54. The number of hydrogen-bond donors (Lipinski definition) is 2. The van der Waals surface area contributed by atoms with Gasteiger partial charge in [-0.15, -0.1) is 0 Å². The molecule has 1 fully saturated rings. The van der Waals surface area contributed by atoms with E-state index in [0.717, 1.165) is 19.6 Å². The van der Waals surface area contributed by atoms with Gasteiger partial charge in [-0.2, -0.15) is 0 Å². The quantitative estimate of drug-likeness (QED) is 0.888. The summed E-state index contributed by atoms with van der Waals surface area (Å²) < 4.78 is 5.86. The summed E-state index contributed by atoms with van der Waals surface area (Å²) in [5.74, 6) is -0.0914. The monoisotopic (exact) mass is 313 g/mol. The van der Waals surface area contributed by atoms with Gasteiger partial charge in [-0.1, -0.05) is 30.3 Å². The molecule has 0 spiro atoms. The zero-order valence-electron chi connectivity index (χ0n) is 13.4. The minimum absolute atomic E-state index is 0.00590. The highest BCUT2D eigenvalue weighted by Gasteiger charge is 2.26. The molecule has 2 heterocycles. The molecule has 1 aromatic carbocycles. The van der Waals surface area contributed by atoms with Gasteiger partial charge in [-0.05, 0) is 24.6 Å². The van der Waals surface area contributed by atoms with E-state index in [9.17, 15) is 4.79 Å². The third-order valence-corrected chi connectivity index (χ3v) is 4.19. The number of amides is 1. The fourth-order valence-electron chi connectivity index (χ4n) is 2.87. The smallest absolute Gasteiger partial charge is 0.267 e. The lowest BCUT2D eigenvalue weighted by atomic mass is 10.1. The van der Waals surface area contributed by atoms with Crippen LogP contribution in [0, 0.1) is 0 Å². The summed E-state index contributed by atoms with van der Waals surface area (Å²) in [5.41, 5.74) is 1.88. The molecule has 122 valence electrons. The highest BCUT2D eigenvalue weighted by Crippen LogP contribution is 2.13. The van der Waals surface area contributed by atoms with Crippen LogP contribution in [0.5, 0.6) is 0 Å². The third-order valence-electron chi connectivity index (χ3n) is 4.19. The highest BCUT2D eigenvalue weighted by atomic mass is 16.5. The molecule has 1 amide bonds.